The summed E-state index contributed by atoms with van der Waals surface area (Å²) < 4.78 is 8.28. The Bertz CT molecular complexity index is 1290. The highest BCUT2D eigenvalue weighted by Crippen LogP contribution is 2.20. The zero-order valence-electron chi connectivity index (χ0n) is 21.2. The molecule has 0 aliphatic carbocycles. The minimum atomic E-state index is -0.0205. The normalized spacial score (nSPS) is 11.2. The van der Waals surface area contributed by atoms with E-state index in [0.717, 1.165) is 58.7 Å². The number of nitrogens with zero attached hydrogens (tertiary/aromatic N) is 2. The van der Waals surface area contributed by atoms with E-state index in [9.17, 15) is 4.79 Å². The highest BCUT2D eigenvalue weighted by Gasteiger charge is 2.12. The quantitative estimate of drug-likeness (QED) is 0.281. The minimum Gasteiger partial charge on any atom is -0.492 e. The molecule has 5 nitrogen and oxygen atoms in total. The van der Waals surface area contributed by atoms with E-state index in [2.05, 4.69) is 41.9 Å². The average molecular weight is 470 g/mol. The molecule has 1 heterocycles. The molecule has 0 aliphatic heterocycles. The number of imidazole rings is 1. The van der Waals surface area contributed by atoms with Crippen molar-refractivity contribution in [2.24, 2.45) is 0 Å². The fraction of sp³-hybridized carbons (Fsp3) is 0.333. The minimum absolute atomic E-state index is 0.0205. The molecule has 0 spiro atoms. The highest BCUT2D eigenvalue weighted by molar-refractivity contribution is 5.95. The lowest BCUT2D eigenvalue weighted by atomic mass is 10.0. The summed E-state index contributed by atoms with van der Waals surface area (Å²) >= 11 is 0. The SMILES string of the molecule is Cc1ccc(C(=O)NCCCc2nc3ccccc3n2CCOc2ccc(C(C)C)cc2)c(C)c1. The van der Waals surface area contributed by atoms with Crippen LogP contribution >= 0.6 is 0 Å². The van der Waals surface area contributed by atoms with Gasteiger partial charge in [-0.25, -0.2) is 4.98 Å². The van der Waals surface area contributed by atoms with Gasteiger partial charge in [-0.05, 0) is 67.6 Å². The van der Waals surface area contributed by atoms with E-state index in [1.807, 2.05) is 62.4 Å². The molecule has 1 amide bonds. The molecule has 4 aromatic rings. The van der Waals surface area contributed by atoms with Gasteiger partial charge in [0.05, 0.1) is 17.6 Å². The Morgan fingerprint density at radius 2 is 1.80 bits per heavy atom. The van der Waals surface area contributed by atoms with Crippen LogP contribution in [0.1, 0.15) is 59.1 Å². The Labute approximate surface area is 208 Å². The van der Waals surface area contributed by atoms with Crippen LogP contribution in [0, 0.1) is 13.8 Å². The largest absolute Gasteiger partial charge is 0.492 e. The van der Waals surface area contributed by atoms with Crippen molar-refractivity contribution in [1.29, 1.82) is 0 Å². The van der Waals surface area contributed by atoms with Crippen LogP contribution in [0.25, 0.3) is 11.0 Å². The van der Waals surface area contributed by atoms with Crippen molar-refractivity contribution in [2.75, 3.05) is 13.2 Å². The summed E-state index contributed by atoms with van der Waals surface area (Å²) in [6, 6.07) is 22.5. The van der Waals surface area contributed by atoms with Gasteiger partial charge in [0.15, 0.2) is 0 Å². The Morgan fingerprint density at radius 3 is 2.54 bits per heavy atom. The second kappa shape index (κ2) is 11.2. The molecule has 5 heteroatoms. The van der Waals surface area contributed by atoms with Crippen molar-refractivity contribution < 1.29 is 9.53 Å². The maximum Gasteiger partial charge on any atom is 0.251 e. The molecule has 0 atom stereocenters. The summed E-state index contributed by atoms with van der Waals surface area (Å²) in [6.07, 6.45) is 1.60. The van der Waals surface area contributed by atoms with Crippen LogP contribution < -0.4 is 10.1 Å². The first kappa shape index (κ1) is 24.5. The predicted molar refractivity (Wildman–Crippen MR) is 142 cm³/mol. The molecular weight excluding hydrogens is 434 g/mol. The maximum atomic E-state index is 12.6. The molecule has 0 bridgehead atoms. The van der Waals surface area contributed by atoms with E-state index in [0.29, 0.717) is 19.1 Å². The number of hydrogen-bond donors (Lipinski definition) is 1. The summed E-state index contributed by atoms with van der Waals surface area (Å²) in [5.41, 5.74) is 6.31. The summed E-state index contributed by atoms with van der Waals surface area (Å²) in [7, 11) is 0. The number of ether oxygens (including phenoxy) is 1. The van der Waals surface area contributed by atoms with Gasteiger partial charge in [0.2, 0.25) is 0 Å². The molecule has 182 valence electrons. The van der Waals surface area contributed by atoms with Crippen molar-refractivity contribution in [3.63, 3.8) is 0 Å². The standard InChI is InChI=1S/C30H35N3O2/c1-21(2)24-12-14-25(15-13-24)35-19-18-33-28-9-6-5-8-27(28)32-29(33)10-7-17-31-30(34)26-16-11-22(3)20-23(26)4/h5-6,8-9,11-16,20-21H,7,10,17-19H2,1-4H3,(H,31,34). The van der Waals surface area contributed by atoms with E-state index >= 15 is 0 Å². The van der Waals surface area contributed by atoms with Crippen LogP contribution in [0.3, 0.4) is 0 Å². The number of carbonyl (C=O) groups excluding carboxylic acids is 1. The average Bonchev–Trinajstić information content (AvgIpc) is 3.19. The molecule has 0 unspecified atom stereocenters. The van der Waals surface area contributed by atoms with Crippen molar-refractivity contribution in [3.8, 4) is 5.75 Å². The molecule has 0 radical (unpaired) electrons. The van der Waals surface area contributed by atoms with Gasteiger partial charge in [-0.15, -0.1) is 0 Å². The molecule has 0 saturated heterocycles. The molecule has 0 fully saturated rings. The van der Waals surface area contributed by atoms with Gasteiger partial charge >= 0.3 is 0 Å². The van der Waals surface area contributed by atoms with Crippen LogP contribution in [0.2, 0.25) is 0 Å². The molecule has 3 aromatic carbocycles. The van der Waals surface area contributed by atoms with E-state index in [1.54, 1.807) is 0 Å². The fourth-order valence-electron chi connectivity index (χ4n) is 4.38. The number of para-hydroxylation sites is 2. The van der Waals surface area contributed by atoms with Gasteiger partial charge in [-0.1, -0.05) is 55.8 Å². The van der Waals surface area contributed by atoms with E-state index in [4.69, 9.17) is 9.72 Å². The molecule has 0 saturated carbocycles. The third-order valence-corrected chi connectivity index (χ3v) is 6.35. The van der Waals surface area contributed by atoms with E-state index in [1.165, 1.54) is 5.56 Å². The third kappa shape index (κ3) is 6.10. The van der Waals surface area contributed by atoms with Gasteiger partial charge in [0.25, 0.3) is 5.91 Å². The monoisotopic (exact) mass is 469 g/mol. The molecule has 35 heavy (non-hydrogen) atoms. The molecule has 1 aromatic heterocycles. The molecular formula is C30H35N3O2. The smallest absolute Gasteiger partial charge is 0.251 e. The number of aromatic nitrogens is 2. The number of aryl methyl sites for hydroxylation is 3. The summed E-state index contributed by atoms with van der Waals surface area (Å²) in [5.74, 6) is 2.39. The number of rotatable bonds is 10. The second-order valence-electron chi connectivity index (χ2n) is 9.42. The Hall–Kier alpha value is -3.60. The summed E-state index contributed by atoms with van der Waals surface area (Å²) in [5, 5.41) is 3.06. The van der Waals surface area contributed by atoms with Gasteiger partial charge in [0.1, 0.15) is 18.2 Å². The Balaban J connectivity index is 1.36. The van der Waals surface area contributed by atoms with Gasteiger partial charge in [-0.3, -0.25) is 4.79 Å². The lowest BCUT2D eigenvalue weighted by Gasteiger charge is -2.12. The predicted octanol–water partition coefficient (Wildman–Crippen LogP) is 6.22. The second-order valence-corrected chi connectivity index (χ2v) is 9.42. The van der Waals surface area contributed by atoms with Crippen LogP contribution in [-0.2, 0) is 13.0 Å². The highest BCUT2D eigenvalue weighted by atomic mass is 16.5. The van der Waals surface area contributed by atoms with E-state index in [-0.39, 0.29) is 5.91 Å². The molecule has 0 aliphatic rings. The maximum absolute atomic E-state index is 12.6. The zero-order chi connectivity index (χ0) is 24.8. The van der Waals surface area contributed by atoms with Crippen molar-refractivity contribution >= 4 is 16.9 Å². The lowest BCUT2D eigenvalue weighted by molar-refractivity contribution is 0.0952. The number of carbonyl (C=O) groups is 1. The third-order valence-electron chi connectivity index (χ3n) is 6.35. The first-order valence-corrected chi connectivity index (χ1v) is 12.4. The van der Waals surface area contributed by atoms with Crippen LogP contribution in [0.15, 0.2) is 66.7 Å². The summed E-state index contributed by atoms with van der Waals surface area (Å²) in [6.45, 7) is 10.3. The first-order chi connectivity index (χ1) is 16.9. The van der Waals surface area contributed by atoms with Crippen molar-refractivity contribution in [2.45, 2.75) is 53.0 Å². The van der Waals surface area contributed by atoms with Crippen LogP contribution in [-0.4, -0.2) is 28.6 Å². The van der Waals surface area contributed by atoms with Gasteiger partial charge < -0.3 is 14.6 Å². The number of hydrogen-bond acceptors (Lipinski definition) is 3. The fourth-order valence-corrected chi connectivity index (χ4v) is 4.38. The molecule has 4 rings (SSSR count). The summed E-state index contributed by atoms with van der Waals surface area (Å²) in [4.78, 5) is 17.4. The van der Waals surface area contributed by atoms with Crippen LogP contribution in [0.5, 0.6) is 5.75 Å². The molecule has 1 N–H and O–H groups in total. The van der Waals surface area contributed by atoms with Crippen molar-refractivity contribution in [1.82, 2.24) is 14.9 Å². The van der Waals surface area contributed by atoms with Crippen molar-refractivity contribution in [3.05, 3.63) is 94.8 Å². The zero-order valence-corrected chi connectivity index (χ0v) is 21.2. The number of fused-ring (bicyclic) bond motifs is 1. The number of benzene rings is 3. The first-order valence-electron chi connectivity index (χ1n) is 12.4. The van der Waals surface area contributed by atoms with Gasteiger partial charge in [-0.2, -0.15) is 0 Å². The topological polar surface area (TPSA) is 56.2 Å². The Kier molecular flexibility index (Phi) is 7.86. The number of amides is 1. The lowest BCUT2D eigenvalue weighted by Crippen LogP contribution is -2.25. The van der Waals surface area contributed by atoms with E-state index < -0.39 is 0 Å². The Morgan fingerprint density at radius 1 is 1.03 bits per heavy atom. The van der Waals surface area contributed by atoms with Gasteiger partial charge in [0, 0.05) is 18.5 Å². The van der Waals surface area contributed by atoms with Crippen LogP contribution in [0.4, 0.5) is 0 Å². The number of nitrogens with one attached hydrogen (secondary N) is 1.